The highest BCUT2D eigenvalue weighted by Gasteiger charge is 2.14. The van der Waals surface area contributed by atoms with Gasteiger partial charge in [0.2, 0.25) is 0 Å². The van der Waals surface area contributed by atoms with Gasteiger partial charge in [0.1, 0.15) is 11.6 Å². The van der Waals surface area contributed by atoms with Crippen molar-refractivity contribution in [2.45, 2.75) is 33.7 Å². The lowest BCUT2D eigenvalue weighted by Crippen LogP contribution is -2.30. The van der Waals surface area contributed by atoms with Crippen molar-refractivity contribution in [2.24, 2.45) is 0 Å². The number of halogens is 1. The van der Waals surface area contributed by atoms with Crippen molar-refractivity contribution in [1.82, 2.24) is 5.32 Å². The van der Waals surface area contributed by atoms with Gasteiger partial charge in [0.25, 0.3) is 5.91 Å². The average molecular weight is 381 g/mol. The largest absolute Gasteiger partial charge is 0.490 e. The lowest BCUT2D eigenvalue weighted by Gasteiger charge is -2.14. The number of hydrogen-bond acceptors (Lipinski definition) is 4. The number of nitrogens with zero attached hydrogens (tertiary/aromatic N) is 1. The minimum Gasteiger partial charge on any atom is -0.490 e. The van der Waals surface area contributed by atoms with Crippen LogP contribution in [0.5, 0.6) is 11.5 Å². The van der Waals surface area contributed by atoms with Gasteiger partial charge in [-0.1, -0.05) is 0 Å². The summed E-state index contributed by atoms with van der Waals surface area (Å²) in [6.45, 7) is 8.44. The van der Waals surface area contributed by atoms with Gasteiger partial charge in [-0.2, -0.15) is 5.26 Å². The van der Waals surface area contributed by atoms with Gasteiger partial charge in [0.15, 0.2) is 11.5 Å². The molecule has 23 heavy (non-hydrogen) atoms. The van der Waals surface area contributed by atoms with Crippen LogP contribution in [0.2, 0.25) is 0 Å². The van der Waals surface area contributed by atoms with Gasteiger partial charge in [0, 0.05) is 6.04 Å². The van der Waals surface area contributed by atoms with E-state index in [9.17, 15) is 10.1 Å². The number of hydrogen-bond donors (Lipinski definition) is 1. The summed E-state index contributed by atoms with van der Waals surface area (Å²) in [7, 11) is 0. The minimum absolute atomic E-state index is 0.0368. The maximum Gasteiger partial charge on any atom is 0.262 e. The number of rotatable bonds is 7. The molecular weight excluding hydrogens is 360 g/mol. The number of carbonyl (C=O) groups is 1. The lowest BCUT2D eigenvalue weighted by atomic mass is 10.1. The monoisotopic (exact) mass is 380 g/mol. The van der Waals surface area contributed by atoms with Gasteiger partial charge in [-0.3, -0.25) is 4.79 Å². The molecular formula is C17H21BrN2O3. The molecule has 0 aliphatic carbocycles. The van der Waals surface area contributed by atoms with E-state index in [0.717, 1.165) is 0 Å². The maximum atomic E-state index is 12.0. The van der Waals surface area contributed by atoms with Gasteiger partial charge < -0.3 is 14.8 Å². The zero-order valence-corrected chi connectivity index (χ0v) is 15.4. The molecule has 0 radical (unpaired) electrons. The second kappa shape index (κ2) is 9.21. The van der Waals surface area contributed by atoms with E-state index in [-0.39, 0.29) is 11.6 Å². The highest BCUT2D eigenvalue weighted by molar-refractivity contribution is 9.10. The second-order valence-electron chi connectivity index (χ2n) is 4.99. The number of nitrogens with one attached hydrogen (secondary N) is 1. The van der Waals surface area contributed by atoms with Crippen molar-refractivity contribution in [2.75, 3.05) is 13.2 Å². The quantitative estimate of drug-likeness (QED) is 0.578. The van der Waals surface area contributed by atoms with Crippen LogP contribution in [0.1, 0.15) is 33.3 Å². The molecule has 0 saturated heterocycles. The predicted molar refractivity (Wildman–Crippen MR) is 93.3 cm³/mol. The lowest BCUT2D eigenvalue weighted by molar-refractivity contribution is -0.117. The first-order valence-corrected chi connectivity index (χ1v) is 8.23. The molecule has 0 bridgehead atoms. The summed E-state index contributed by atoms with van der Waals surface area (Å²) in [6, 6.07) is 5.43. The summed E-state index contributed by atoms with van der Waals surface area (Å²) in [5.41, 5.74) is 0.719. The third kappa shape index (κ3) is 5.61. The molecule has 0 aliphatic rings. The van der Waals surface area contributed by atoms with E-state index in [1.807, 2.05) is 33.8 Å². The Labute approximate surface area is 145 Å². The number of benzene rings is 1. The van der Waals surface area contributed by atoms with Crippen molar-refractivity contribution in [1.29, 1.82) is 5.26 Å². The van der Waals surface area contributed by atoms with Crippen molar-refractivity contribution < 1.29 is 14.3 Å². The van der Waals surface area contributed by atoms with Crippen LogP contribution in [-0.2, 0) is 4.79 Å². The van der Waals surface area contributed by atoms with E-state index in [1.165, 1.54) is 6.08 Å². The highest BCUT2D eigenvalue weighted by atomic mass is 79.9. The van der Waals surface area contributed by atoms with E-state index >= 15 is 0 Å². The average Bonchev–Trinajstić information content (AvgIpc) is 2.47. The van der Waals surface area contributed by atoms with Gasteiger partial charge in [0.05, 0.1) is 17.7 Å². The molecule has 0 unspecified atom stereocenters. The fourth-order valence-electron chi connectivity index (χ4n) is 1.87. The smallest absolute Gasteiger partial charge is 0.262 e. The van der Waals surface area contributed by atoms with Crippen LogP contribution >= 0.6 is 15.9 Å². The fraction of sp³-hybridized carbons (Fsp3) is 0.412. The van der Waals surface area contributed by atoms with Gasteiger partial charge in [-0.05, 0) is 67.4 Å². The van der Waals surface area contributed by atoms with Crippen molar-refractivity contribution in [3.63, 3.8) is 0 Å². The normalized spacial score (nSPS) is 11.1. The number of ether oxygens (including phenoxy) is 2. The summed E-state index contributed by atoms with van der Waals surface area (Å²) in [5.74, 6) is 0.777. The van der Waals surface area contributed by atoms with Gasteiger partial charge >= 0.3 is 0 Å². The molecule has 5 nitrogen and oxygen atoms in total. The Morgan fingerprint density at radius 1 is 1.35 bits per heavy atom. The standard InChI is InChI=1S/C17H21BrN2O3/c1-5-22-15-9-12(8-14(18)16(15)23-6-2)7-13(10-19)17(21)20-11(3)4/h7-9,11H,5-6H2,1-4H3,(H,20,21)/b13-7+. The molecule has 0 saturated carbocycles. The molecule has 124 valence electrons. The molecule has 1 aromatic rings. The van der Waals surface area contributed by atoms with Crippen molar-refractivity contribution in [3.8, 4) is 17.6 Å². The molecule has 0 aliphatic heterocycles. The summed E-state index contributed by atoms with van der Waals surface area (Å²) in [6.07, 6.45) is 1.53. The Balaban J connectivity index is 3.24. The first-order chi connectivity index (χ1) is 10.9. The zero-order chi connectivity index (χ0) is 17.4. The topological polar surface area (TPSA) is 71.3 Å². The van der Waals surface area contributed by atoms with Crippen LogP contribution in [0.25, 0.3) is 6.08 Å². The molecule has 6 heteroatoms. The number of amides is 1. The third-order valence-corrected chi connectivity index (χ3v) is 3.31. The molecule has 0 spiro atoms. The molecule has 1 amide bonds. The van der Waals surface area contributed by atoms with E-state index in [2.05, 4.69) is 21.2 Å². The van der Waals surface area contributed by atoms with Crippen molar-refractivity contribution in [3.05, 3.63) is 27.7 Å². The predicted octanol–water partition coefficient (Wildman–Crippen LogP) is 3.68. The number of nitriles is 1. The summed E-state index contributed by atoms with van der Waals surface area (Å²) in [5, 5.41) is 11.9. The highest BCUT2D eigenvalue weighted by Crippen LogP contribution is 2.37. The Morgan fingerprint density at radius 2 is 2.00 bits per heavy atom. The van der Waals surface area contributed by atoms with E-state index in [4.69, 9.17) is 9.47 Å². The molecule has 0 heterocycles. The van der Waals surface area contributed by atoms with Crippen LogP contribution < -0.4 is 14.8 Å². The molecule has 0 atom stereocenters. The Bertz CT molecular complexity index is 633. The third-order valence-electron chi connectivity index (χ3n) is 2.72. The van der Waals surface area contributed by atoms with Crippen LogP contribution in [0.3, 0.4) is 0 Å². The van der Waals surface area contributed by atoms with Crippen molar-refractivity contribution >= 4 is 27.9 Å². The molecule has 1 N–H and O–H groups in total. The first-order valence-electron chi connectivity index (χ1n) is 7.44. The van der Waals surface area contributed by atoms with Crippen LogP contribution in [-0.4, -0.2) is 25.2 Å². The number of carbonyl (C=O) groups excluding carboxylic acids is 1. The summed E-state index contributed by atoms with van der Waals surface area (Å²) < 4.78 is 11.9. The molecule has 0 aromatic heterocycles. The Kier molecular flexibility index (Phi) is 7.63. The van der Waals surface area contributed by atoms with E-state index in [1.54, 1.807) is 12.1 Å². The zero-order valence-electron chi connectivity index (χ0n) is 13.8. The van der Waals surface area contributed by atoms with E-state index in [0.29, 0.717) is 34.7 Å². The van der Waals surface area contributed by atoms with Gasteiger partial charge in [-0.15, -0.1) is 0 Å². The summed E-state index contributed by atoms with van der Waals surface area (Å²) in [4.78, 5) is 12.0. The fourth-order valence-corrected chi connectivity index (χ4v) is 2.45. The van der Waals surface area contributed by atoms with Gasteiger partial charge in [-0.25, -0.2) is 0 Å². The maximum absolute atomic E-state index is 12.0. The Hall–Kier alpha value is -2.00. The minimum atomic E-state index is -0.398. The Morgan fingerprint density at radius 3 is 2.52 bits per heavy atom. The van der Waals surface area contributed by atoms with Crippen LogP contribution in [0, 0.1) is 11.3 Å². The first kappa shape index (κ1) is 19.0. The van der Waals surface area contributed by atoms with Crippen LogP contribution in [0.15, 0.2) is 22.2 Å². The molecule has 1 aromatic carbocycles. The van der Waals surface area contributed by atoms with E-state index < -0.39 is 5.91 Å². The summed E-state index contributed by atoms with van der Waals surface area (Å²) >= 11 is 3.44. The molecule has 1 rings (SSSR count). The SMILES string of the molecule is CCOc1cc(/C=C(\C#N)C(=O)NC(C)C)cc(Br)c1OCC. The molecule has 0 fully saturated rings. The second-order valence-corrected chi connectivity index (χ2v) is 5.85. The van der Waals surface area contributed by atoms with Crippen LogP contribution in [0.4, 0.5) is 0 Å².